The topological polar surface area (TPSA) is 83.1 Å². The van der Waals surface area contributed by atoms with Crippen molar-refractivity contribution in [1.82, 2.24) is 20.5 Å². The van der Waals surface area contributed by atoms with Crippen LogP contribution in [0.1, 0.15) is 16.2 Å². The predicted octanol–water partition coefficient (Wildman–Crippen LogP) is 2.14. The summed E-state index contributed by atoms with van der Waals surface area (Å²) < 4.78 is 5.21. The Bertz CT molecular complexity index is 929. The van der Waals surface area contributed by atoms with Gasteiger partial charge in [0.1, 0.15) is 11.4 Å². The second-order valence-corrected chi connectivity index (χ2v) is 6.65. The fourth-order valence-electron chi connectivity index (χ4n) is 3.13. The van der Waals surface area contributed by atoms with E-state index >= 15 is 0 Å². The van der Waals surface area contributed by atoms with Crippen LogP contribution in [0.5, 0.6) is 5.75 Å². The summed E-state index contributed by atoms with van der Waals surface area (Å²) in [5, 5.41) is 12.3. The molecule has 3 aromatic rings. The number of methoxy groups -OCH3 is 1. The minimum Gasteiger partial charge on any atom is -0.497 e. The van der Waals surface area contributed by atoms with E-state index in [0.29, 0.717) is 18.2 Å². The molecule has 0 saturated carbocycles. The van der Waals surface area contributed by atoms with Crippen LogP contribution in [-0.4, -0.2) is 47.8 Å². The van der Waals surface area contributed by atoms with Crippen molar-refractivity contribution in [3.8, 4) is 5.75 Å². The minimum absolute atomic E-state index is 0.0891. The van der Waals surface area contributed by atoms with E-state index in [1.54, 1.807) is 7.11 Å². The third-order valence-electron chi connectivity index (χ3n) is 4.69. The molecule has 0 radical (unpaired) electrons. The number of aromatic nitrogens is 3. The highest BCUT2D eigenvalue weighted by molar-refractivity contribution is 5.98. The molecule has 2 aromatic heterocycles. The first kappa shape index (κ1) is 16.4. The fourth-order valence-corrected chi connectivity index (χ4v) is 3.13. The number of nitrogens with one attached hydrogen (secondary N) is 2. The molecular formula is C19H21N5O2. The molecule has 26 heavy (non-hydrogen) atoms. The zero-order valence-electron chi connectivity index (χ0n) is 14.8. The van der Waals surface area contributed by atoms with Gasteiger partial charge in [0.05, 0.1) is 12.8 Å². The van der Waals surface area contributed by atoms with Crippen LogP contribution < -0.4 is 15.0 Å². The summed E-state index contributed by atoms with van der Waals surface area (Å²) in [6.07, 6.45) is 0. The third kappa shape index (κ3) is 3.20. The van der Waals surface area contributed by atoms with E-state index < -0.39 is 0 Å². The SMILES string of the molecule is COc1ccc2cc(C(=O)NCC3CN(c4ccc(C)nn4)C3)[nH]c2c1. The minimum atomic E-state index is -0.0891. The van der Waals surface area contributed by atoms with E-state index in [4.69, 9.17) is 4.74 Å². The number of fused-ring (bicyclic) bond motifs is 1. The van der Waals surface area contributed by atoms with Crippen molar-refractivity contribution < 1.29 is 9.53 Å². The molecule has 1 saturated heterocycles. The molecule has 134 valence electrons. The van der Waals surface area contributed by atoms with Crippen molar-refractivity contribution in [2.75, 3.05) is 31.6 Å². The van der Waals surface area contributed by atoms with Crippen LogP contribution in [-0.2, 0) is 0 Å². The van der Waals surface area contributed by atoms with Crippen LogP contribution in [0.3, 0.4) is 0 Å². The molecule has 1 aliphatic rings. The number of aromatic amines is 1. The van der Waals surface area contributed by atoms with E-state index in [2.05, 4.69) is 25.4 Å². The standard InChI is InChI=1S/C19H21N5O2/c1-12-3-6-18(23-22-12)24-10-13(11-24)9-20-19(25)17-7-14-4-5-15(26-2)8-16(14)21-17/h3-8,13,21H,9-11H2,1-2H3,(H,20,25). The van der Waals surface area contributed by atoms with Gasteiger partial charge in [0.2, 0.25) is 0 Å². The lowest BCUT2D eigenvalue weighted by atomic mass is 10.0. The third-order valence-corrected chi connectivity index (χ3v) is 4.69. The number of carbonyl (C=O) groups excluding carboxylic acids is 1. The average Bonchev–Trinajstić information content (AvgIpc) is 3.04. The number of amides is 1. The van der Waals surface area contributed by atoms with Crippen molar-refractivity contribution in [3.05, 3.63) is 47.8 Å². The van der Waals surface area contributed by atoms with Gasteiger partial charge in [-0.15, -0.1) is 5.10 Å². The zero-order valence-corrected chi connectivity index (χ0v) is 14.8. The highest BCUT2D eigenvalue weighted by Crippen LogP contribution is 2.23. The molecule has 2 N–H and O–H groups in total. The largest absolute Gasteiger partial charge is 0.497 e. The van der Waals surface area contributed by atoms with Gasteiger partial charge in [-0.05, 0) is 37.3 Å². The summed E-state index contributed by atoms with van der Waals surface area (Å²) in [5.74, 6) is 1.99. The number of hydrogen-bond donors (Lipinski definition) is 2. The molecule has 0 unspecified atom stereocenters. The molecule has 7 nitrogen and oxygen atoms in total. The molecule has 0 aliphatic carbocycles. The highest BCUT2D eigenvalue weighted by atomic mass is 16.5. The Morgan fingerprint density at radius 3 is 2.85 bits per heavy atom. The summed E-state index contributed by atoms with van der Waals surface area (Å²) in [5.41, 5.74) is 2.37. The van der Waals surface area contributed by atoms with Gasteiger partial charge in [0.25, 0.3) is 5.91 Å². The average molecular weight is 351 g/mol. The van der Waals surface area contributed by atoms with Gasteiger partial charge in [0, 0.05) is 42.5 Å². The lowest BCUT2D eigenvalue weighted by molar-refractivity contribution is 0.0940. The van der Waals surface area contributed by atoms with E-state index in [1.807, 2.05) is 43.3 Å². The maximum Gasteiger partial charge on any atom is 0.267 e. The van der Waals surface area contributed by atoms with Crippen LogP contribution in [0.25, 0.3) is 10.9 Å². The summed E-state index contributed by atoms with van der Waals surface area (Å²) >= 11 is 0. The first-order valence-electron chi connectivity index (χ1n) is 8.62. The fraction of sp³-hybridized carbons (Fsp3) is 0.316. The lowest BCUT2D eigenvalue weighted by Gasteiger charge is -2.39. The first-order chi connectivity index (χ1) is 12.6. The van der Waals surface area contributed by atoms with Crippen LogP contribution in [0, 0.1) is 12.8 Å². The van der Waals surface area contributed by atoms with Gasteiger partial charge >= 0.3 is 0 Å². The number of carbonyl (C=O) groups is 1. The summed E-state index contributed by atoms with van der Waals surface area (Å²) in [4.78, 5) is 17.7. The smallest absolute Gasteiger partial charge is 0.267 e. The Morgan fingerprint density at radius 2 is 2.12 bits per heavy atom. The van der Waals surface area contributed by atoms with Crippen LogP contribution in [0.15, 0.2) is 36.4 Å². The van der Waals surface area contributed by atoms with E-state index in [9.17, 15) is 4.79 Å². The van der Waals surface area contributed by atoms with Crippen LogP contribution in [0.2, 0.25) is 0 Å². The molecular weight excluding hydrogens is 330 g/mol. The van der Waals surface area contributed by atoms with Crippen molar-refractivity contribution in [3.63, 3.8) is 0 Å². The molecule has 3 heterocycles. The maximum absolute atomic E-state index is 12.4. The van der Waals surface area contributed by atoms with E-state index in [0.717, 1.165) is 41.3 Å². The summed E-state index contributed by atoms with van der Waals surface area (Å²) in [7, 11) is 1.63. The Kier molecular flexibility index (Phi) is 4.20. The molecule has 1 aliphatic heterocycles. The Balaban J connectivity index is 1.31. The normalized spacial score (nSPS) is 14.3. The van der Waals surface area contributed by atoms with Gasteiger partial charge in [-0.1, -0.05) is 0 Å². The van der Waals surface area contributed by atoms with Crippen molar-refractivity contribution >= 4 is 22.6 Å². The summed E-state index contributed by atoms with van der Waals surface area (Å²) in [6.45, 7) is 4.32. The quantitative estimate of drug-likeness (QED) is 0.736. The van der Waals surface area contributed by atoms with Crippen LogP contribution in [0.4, 0.5) is 5.82 Å². The lowest BCUT2D eigenvalue weighted by Crippen LogP contribution is -2.52. The monoisotopic (exact) mass is 351 g/mol. The van der Waals surface area contributed by atoms with E-state index in [1.165, 1.54) is 0 Å². The second kappa shape index (κ2) is 6.67. The van der Waals surface area contributed by atoms with Crippen molar-refractivity contribution in [2.45, 2.75) is 6.92 Å². The molecule has 0 spiro atoms. The van der Waals surface area contributed by atoms with Crippen LogP contribution >= 0.6 is 0 Å². The Labute approximate surface area is 151 Å². The van der Waals surface area contributed by atoms with E-state index in [-0.39, 0.29) is 5.91 Å². The van der Waals surface area contributed by atoms with Gasteiger partial charge in [-0.2, -0.15) is 5.10 Å². The number of ether oxygens (including phenoxy) is 1. The van der Waals surface area contributed by atoms with Gasteiger partial charge in [0.15, 0.2) is 5.82 Å². The number of benzene rings is 1. The Morgan fingerprint density at radius 1 is 1.27 bits per heavy atom. The molecule has 4 rings (SSSR count). The van der Waals surface area contributed by atoms with Crippen molar-refractivity contribution in [2.24, 2.45) is 5.92 Å². The number of rotatable bonds is 5. The predicted molar refractivity (Wildman–Crippen MR) is 99.7 cm³/mol. The Hall–Kier alpha value is -3.09. The molecule has 1 fully saturated rings. The number of anilines is 1. The van der Waals surface area contributed by atoms with Gasteiger partial charge < -0.3 is 19.9 Å². The highest BCUT2D eigenvalue weighted by Gasteiger charge is 2.28. The molecule has 1 amide bonds. The zero-order chi connectivity index (χ0) is 18.1. The maximum atomic E-state index is 12.4. The second-order valence-electron chi connectivity index (χ2n) is 6.65. The molecule has 1 aromatic carbocycles. The van der Waals surface area contributed by atoms with Gasteiger partial charge in [-0.25, -0.2) is 0 Å². The number of aryl methyl sites for hydroxylation is 1. The molecule has 0 atom stereocenters. The van der Waals surface area contributed by atoms with Crippen molar-refractivity contribution in [1.29, 1.82) is 0 Å². The molecule has 7 heteroatoms. The first-order valence-corrected chi connectivity index (χ1v) is 8.62. The number of H-pyrrole nitrogens is 1. The van der Waals surface area contributed by atoms with Gasteiger partial charge in [-0.3, -0.25) is 4.79 Å². The number of hydrogen-bond acceptors (Lipinski definition) is 5. The summed E-state index contributed by atoms with van der Waals surface area (Å²) in [6, 6.07) is 11.5. The molecule has 0 bridgehead atoms. The number of nitrogens with zero attached hydrogens (tertiary/aromatic N) is 3.